The van der Waals surface area contributed by atoms with Crippen molar-refractivity contribution in [3.8, 4) is 0 Å². The van der Waals surface area contributed by atoms with Gasteiger partial charge in [0.25, 0.3) is 5.91 Å². The number of rotatable bonds is 5. The zero-order valence-electron chi connectivity index (χ0n) is 11.4. The van der Waals surface area contributed by atoms with Crippen LogP contribution in [0.2, 0.25) is 0 Å². The van der Waals surface area contributed by atoms with Crippen LogP contribution in [0.15, 0.2) is 24.3 Å². The van der Waals surface area contributed by atoms with Gasteiger partial charge in [0.15, 0.2) is 0 Å². The predicted molar refractivity (Wildman–Crippen MR) is 77.4 cm³/mol. The Morgan fingerprint density at radius 1 is 1.26 bits per heavy atom. The number of hydrogen-bond acceptors (Lipinski definition) is 4. The molecular formula is C14H22N4O. The van der Waals surface area contributed by atoms with Gasteiger partial charge < -0.3 is 16.0 Å². The quantitative estimate of drug-likeness (QED) is 0.808. The third-order valence-corrected chi connectivity index (χ3v) is 3.53. The molecule has 2 rings (SSSR count). The highest BCUT2D eigenvalue weighted by Crippen LogP contribution is 2.13. The van der Waals surface area contributed by atoms with Crippen LogP contribution in [-0.4, -0.2) is 62.0 Å². The van der Waals surface area contributed by atoms with Crippen molar-refractivity contribution in [3.63, 3.8) is 0 Å². The summed E-state index contributed by atoms with van der Waals surface area (Å²) in [7, 11) is 2.15. The maximum atomic E-state index is 11.3. The summed E-state index contributed by atoms with van der Waals surface area (Å²) < 4.78 is 0. The van der Waals surface area contributed by atoms with E-state index in [9.17, 15) is 4.79 Å². The fraction of sp³-hybridized carbons (Fsp3) is 0.500. The summed E-state index contributed by atoms with van der Waals surface area (Å²) >= 11 is 0. The molecule has 19 heavy (non-hydrogen) atoms. The van der Waals surface area contributed by atoms with Gasteiger partial charge in [0.2, 0.25) is 0 Å². The summed E-state index contributed by atoms with van der Waals surface area (Å²) in [4.78, 5) is 16.1. The molecule has 0 unspecified atom stereocenters. The van der Waals surface area contributed by atoms with Gasteiger partial charge in [0.05, 0.1) is 5.56 Å². The molecule has 0 aliphatic carbocycles. The Morgan fingerprint density at radius 3 is 2.63 bits per heavy atom. The first-order chi connectivity index (χ1) is 9.16. The highest BCUT2D eigenvalue weighted by Gasteiger charge is 2.13. The van der Waals surface area contributed by atoms with E-state index >= 15 is 0 Å². The van der Waals surface area contributed by atoms with Crippen LogP contribution in [0.1, 0.15) is 10.4 Å². The lowest BCUT2D eigenvalue weighted by Crippen LogP contribution is -2.45. The number of carbonyl (C=O) groups is 1. The molecule has 1 fully saturated rings. The molecule has 104 valence electrons. The second-order valence-electron chi connectivity index (χ2n) is 4.98. The summed E-state index contributed by atoms with van der Waals surface area (Å²) in [5.41, 5.74) is 6.73. The van der Waals surface area contributed by atoms with Crippen LogP contribution in [0.5, 0.6) is 0 Å². The summed E-state index contributed by atoms with van der Waals surface area (Å²) in [5, 5.41) is 3.30. The minimum Gasteiger partial charge on any atom is -0.383 e. The van der Waals surface area contributed by atoms with Gasteiger partial charge in [-0.1, -0.05) is 12.1 Å². The molecule has 0 radical (unpaired) electrons. The van der Waals surface area contributed by atoms with Crippen LogP contribution in [0, 0.1) is 0 Å². The fourth-order valence-corrected chi connectivity index (χ4v) is 2.27. The molecule has 1 aliphatic heterocycles. The lowest BCUT2D eigenvalue weighted by atomic mass is 10.1. The molecule has 1 heterocycles. The van der Waals surface area contributed by atoms with E-state index in [1.165, 1.54) is 0 Å². The van der Waals surface area contributed by atoms with E-state index in [0.29, 0.717) is 5.56 Å². The Balaban J connectivity index is 1.81. The zero-order chi connectivity index (χ0) is 13.7. The maximum Gasteiger partial charge on any atom is 0.250 e. The second kappa shape index (κ2) is 6.54. The molecule has 1 saturated heterocycles. The standard InChI is InChI=1S/C14H22N4O/c1-17-8-10-18(11-9-17)7-6-16-13-5-3-2-4-12(13)14(15)19/h2-5,16H,6-11H2,1H3,(H2,15,19). The highest BCUT2D eigenvalue weighted by atomic mass is 16.1. The van der Waals surface area contributed by atoms with Crippen molar-refractivity contribution < 1.29 is 4.79 Å². The molecule has 1 aromatic rings. The number of nitrogens with zero attached hydrogens (tertiary/aromatic N) is 2. The van der Waals surface area contributed by atoms with E-state index in [1.54, 1.807) is 6.07 Å². The van der Waals surface area contributed by atoms with Crippen LogP contribution in [0.4, 0.5) is 5.69 Å². The third kappa shape index (κ3) is 3.94. The average Bonchev–Trinajstić information content (AvgIpc) is 2.41. The Labute approximate surface area is 114 Å². The lowest BCUT2D eigenvalue weighted by molar-refractivity contribution is 0.100. The number of primary amides is 1. The molecule has 0 aromatic heterocycles. The van der Waals surface area contributed by atoms with Crippen LogP contribution in [0.25, 0.3) is 0 Å². The first-order valence-electron chi connectivity index (χ1n) is 6.70. The van der Waals surface area contributed by atoms with Crippen LogP contribution < -0.4 is 11.1 Å². The van der Waals surface area contributed by atoms with Gasteiger partial charge in [0.1, 0.15) is 0 Å². The molecule has 5 heteroatoms. The molecule has 3 N–H and O–H groups in total. The van der Waals surface area contributed by atoms with E-state index in [2.05, 4.69) is 22.2 Å². The Morgan fingerprint density at radius 2 is 1.95 bits per heavy atom. The van der Waals surface area contributed by atoms with E-state index in [-0.39, 0.29) is 5.91 Å². The summed E-state index contributed by atoms with van der Waals surface area (Å²) in [6.45, 7) is 6.27. The van der Waals surface area contributed by atoms with Crippen molar-refractivity contribution in [2.24, 2.45) is 5.73 Å². The average molecular weight is 262 g/mol. The Hall–Kier alpha value is -1.59. The topological polar surface area (TPSA) is 61.6 Å². The number of amides is 1. The van der Waals surface area contributed by atoms with E-state index in [0.717, 1.165) is 45.0 Å². The number of benzene rings is 1. The zero-order valence-corrected chi connectivity index (χ0v) is 11.4. The van der Waals surface area contributed by atoms with Crippen LogP contribution >= 0.6 is 0 Å². The number of anilines is 1. The van der Waals surface area contributed by atoms with Gasteiger partial charge in [-0.25, -0.2) is 0 Å². The van der Waals surface area contributed by atoms with Crippen LogP contribution in [0.3, 0.4) is 0 Å². The van der Waals surface area contributed by atoms with Gasteiger partial charge in [-0.2, -0.15) is 0 Å². The van der Waals surface area contributed by atoms with Crippen LogP contribution in [-0.2, 0) is 0 Å². The summed E-state index contributed by atoms with van der Waals surface area (Å²) in [6, 6.07) is 7.38. The van der Waals surface area contributed by atoms with Gasteiger partial charge in [-0.15, -0.1) is 0 Å². The minimum atomic E-state index is -0.386. The molecule has 0 saturated carbocycles. The third-order valence-electron chi connectivity index (χ3n) is 3.53. The first kappa shape index (κ1) is 13.8. The summed E-state index contributed by atoms with van der Waals surface area (Å²) in [6.07, 6.45) is 0. The number of para-hydroxylation sites is 1. The van der Waals surface area contributed by atoms with Gasteiger partial charge in [0, 0.05) is 45.0 Å². The molecule has 0 bridgehead atoms. The molecule has 1 aromatic carbocycles. The summed E-state index contributed by atoms with van der Waals surface area (Å²) in [5.74, 6) is -0.386. The largest absolute Gasteiger partial charge is 0.383 e. The minimum absolute atomic E-state index is 0.386. The van der Waals surface area contributed by atoms with Crippen molar-refractivity contribution in [1.29, 1.82) is 0 Å². The van der Waals surface area contributed by atoms with E-state index in [1.807, 2.05) is 18.2 Å². The number of nitrogens with one attached hydrogen (secondary N) is 1. The van der Waals surface area contributed by atoms with Crippen molar-refractivity contribution in [2.45, 2.75) is 0 Å². The normalized spacial score (nSPS) is 17.3. The fourth-order valence-electron chi connectivity index (χ4n) is 2.27. The number of carbonyl (C=O) groups excluding carboxylic acids is 1. The molecule has 5 nitrogen and oxygen atoms in total. The molecule has 1 aliphatic rings. The number of hydrogen-bond donors (Lipinski definition) is 2. The number of likely N-dealkylation sites (N-methyl/N-ethyl adjacent to an activating group) is 1. The Bertz CT molecular complexity index is 427. The monoisotopic (exact) mass is 262 g/mol. The molecule has 0 spiro atoms. The first-order valence-corrected chi connectivity index (χ1v) is 6.70. The molecule has 1 amide bonds. The SMILES string of the molecule is CN1CCN(CCNc2ccccc2C(N)=O)CC1. The van der Waals surface area contributed by atoms with E-state index in [4.69, 9.17) is 5.73 Å². The van der Waals surface area contributed by atoms with Gasteiger partial charge in [-0.05, 0) is 19.2 Å². The molecule has 0 atom stereocenters. The van der Waals surface area contributed by atoms with Crippen molar-refractivity contribution >= 4 is 11.6 Å². The Kier molecular flexibility index (Phi) is 4.76. The van der Waals surface area contributed by atoms with Crippen molar-refractivity contribution in [1.82, 2.24) is 9.80 Å². The number of piperazine rings is 1. The second-order valence-corrected chi connectivity index (χ2v) is 4.98. The predicted octanol–water partition coefficient (Wildman–Crippen LogP) is 0.445. The lowest BCUT2D eigenvalue weighted by Gasteiger charge is -2.32. The van der Waals surface area contributed by atoms with Crippen molar-refractivity contribution in [3.05, 3.63) is 29.8 Å². The van der Waals surface area contributed by atoms with Gasteiger partial charge >= 0.3 is 0 Å². The van der Waals surface area contributed by atoms with E-state index < -0.39 is 0 Å². The van der Waals surface area contributed by atoms with Crippen molar-refractivity contribution in [2.75, 3.05) is 51.6 Å². The molecular weight excluding hydrogens is 240 g/mol. The highest BCUT2D eigenvalue weighted by molar-refractivity contribution is 5.98. The number of nitrogens with two attached hydrogens (primary N) is 1. The maximum absolute atomic E-state index is 11.3. The van der Waals surface area contributed by atoms with Gasteiger partial charge in [-0.3, -0.25) is 9.69 Å². The smallest absolute Gasteiger partial charge is 0.250 e.